The maximum absolute atomic E-state index is 12.9. The fourth-order valence-electron chi connectivity index (χ4n) is 3.07. The normalized spacial score (nSPS) is 15.1. The average Bonchev–Trinajstić information content (AvgIpc) is 3.23. The lowest BCUT2D eigenvalue weighted by Crippen LogP contribution is -2.28. The summed E-state index contributed by atoms with van der Waals surface area (Å²) in [4.78, 5) is 12.5. The van der Waals surface area contributed by atoms with Crippen LogP contribution in [0.15, 0.2) is 47.4 Å². The van der Waals surface area contributed by atoms with E-state index < -0.39 is 28.0 Å². The third-order valence-corrected chi connectivity index (χ3v) is 6.39. The molecule has 0 aromatic heterocycles. The molecular formula is C19H19F3N2O5S. The van der Waals surface area contributed by atoms with E-state index in [4.69, 9.17) is 4.74 Å². The first-order valence-corrected chi connectivity index (χ1v) is 10.4. The van der Waals surface area contributed by atoms with Crippen LogP contribution < -0.4 is 14.8 Å². The van der Waals surface area contributed by atoms with Gasteiger partial charge in [-0.15, -0.1) is 13.2 Å². The van der Waals surface area contributed by atoms with E-state index >= 15 is 0 Å². The number of rotatable bonds is 6. The summed E-state index contributed by atoms with van der Waals surface area (Å²) in [5.74, 6) is -1.32. The molecule has 0 aliphatic carbocycles. The van der Waals surface area contributed by atoms with Crippen molar-refractivity contribution >= 4 is 21.6 Å². The first kappa shape index (κ1) is 21.9. The molecule has 7 nitrogen and oxygen atoms in total. The molecule has 1 N–H and O–H groups in total. The van der Waals surface area contributed by atoms with Gasteiger partial charge in [0.1, 0.15) is 10.6 Å². The van der Waals surface area contributed by atoms with Crippen LogP contribution in [0, 0.1) is 0 Å². The van der Waals surface area contributed by atoms with Gasteiger partial charge in [-0.3, -0.25) is 4.79 Å². The predicted molar refractivity (Wildman–Crippen MR) is 102 cm³/mol. The van der Waals surface area contributed by atoms with Crippen molar-refractivity contribution in [2.45, 2.75) is 24.1 Å². The molecule has 0 spiro atoms. The highest BCUT2D eigenvalue weighted by atomic mass is 32.2. The van der Waals surface area contributed by atoms with E-state index in [2.05, 4.69) is 10.1 Å². The molecule has 1 saturated heterocycles. The van der Waals surface area contributed by atoms with Gasteiger partial charge >= 0.3 is 6.36 Å². The van der Waals surface area contributed by atoms with E-state index in [1.54, 1.807) is 0 Å². The van der Waals surface area contributed by atoms with E-state index in [-0.39, 0.29) is 21.9 Å². The summed E-state index contributed by atoms with van der Waals surface area (Å²) in [6, 6.07) is 8.85. The molecule has 11 heteroatoms. The third-order valence-electron chi connectivity index (χ3n) is 4.47. The van der Waals surface area contributed by atoms with Crippen molar-refractivity contribution in [1.29, 1.82) is 0 Å². The highest BCUT2D eigenvalue weighted by molar-refractivity contribution is 7.89. The maximum Gasteiger partial charge on any atom is 0.573 e. The molecule has 0 bridgehead atoms. The highest BCUT2D eigenvalue weighted by Crippen LogP contribution is 2.32. The monoisotopic (exact) mass is 444 g/mol. The molecule has 1 amide bonds. The fraction of sp³-hybridized carbons (Fsp3) is 0.316. The Balaban J connectivity index is 1.91. The third kappa shape index (κ3) is 4.85. The number of halogens is 3. The van der Waals surface area contributed by atoms with Gasteiger partial charge in [0.25, 0.3) is 5.91 Å². The summed E-state index contributed by atoms with van der Waals surface area (Å²) in [7, 11) is -2.58. The number of sulfonamides is 1. The number of alkyl halides is 3. The highest BCUT2D eigenvalue weighted by Gasteiger charge is 2.33. The Kier molecular flexibility index (Phi) is 6.22. The van der Waals surface area contributed by atoms with Crippen LogP contribution >= 0.6 is 0 Å². The molecule has 0 atom stereocenters. The van der Waals surface area contributed by atoms with Crippen LogP contribution in [0.2, 0.25) is 0 Å². The largest absolute Gasteiger partial charge is 0.573 e. The van der Waals surface area contributed by atoms with Gasteiger partial charge in [-0.25, -0.2) is 8.42 Å². The summed E-state index contributed by atoms with van der Waals surface area (Å²) in [6.45, 7) is 0.730. The Morgan fingerprint density at radius 1 is 1.07 bits per heavy atom. The number of ether oxygens (including phenoxy) is 2. The van der Waals surface area contributed by atoms with Gasteiger partial charge in [-0.05, 0) is 43.2 Å². The van der Waals surface area contributed by atoms with Crippen molar-refractivity contribution in [3.63, 3.8) is 0 Å². The van der Waals surface area contributed by atoms with Gasteiger partial charge < -0.3 is 14.8 Å². The molecule has 1 aliphatic heterocycles. The second-order valence-corrected chi connectivity index (χ2v) is 8.38. The number of anilines is 1. The number of benzene rings is 2. The zero-order valence-electron chi connectivity index (χ0n) is 15.9. The van der Waals surface area contributed by atoms with E-state index in [0.717, 1.165) is 25.0 Å². The van der Waals surface area contributed by atoms with Crippen LogP contribution in [0.3, 0.4) is 0 Å². The van der Waals surface area contributed by atoms with E-state index in [1.807, 2.05) is 0 Å². The lowest BCUT2D eigenvalue weighted by Gasteiger charge is -2.18. The van der Waals surface area contributed by atoms with Crippen LogP contribution in [-0.4, -0.2) is 45.2 Å². The minimum absolute atomic E-state index is 0.0598. The molecule has 3 rings (SSSR count). The quantitative estimate of drug-likeness (QED) is 0.736. The number of hydrogen-bond acceptors (Lipinski definition) is 5. The number of hydrogen-bond donors (Lipinski definition) is 1. The molecule has 0 saturated carbocycles. The van der Waals surface area contributed by atoms with Crippen LogP contribution in [-0.2, 0) is 10.0 Å². The van der Waals surface area contributed by atoms with Crippen molar-refractivity contribution < 1.29 is 35.9 Å². The Bertz CT molecular complexity index is 1030. The van der Waals surface area contributed by atoms with Crippen LogP contribution in [0.4, 0.5) is 18.9 Å². The zero-order chi connectivity index (χ0) is 21.9. The lowest BCUT2D eigenvalue weighted by atomic mass is 10.2. The minimum Gasteiger partial charge on any atom is -0.495 e. The smallest absolute Gasteiger partial charge is 0.495 e. The summed E-state index contributed by atoms with van der Waals surface area (Å²) in [6.07, 6.45) is -3.46. The molecule has 162 valence electrons. The van der Waals surface area contributed by atoms with Crippen LogP contribution in [0.1, 0.15) is 23.2 Å². The van der Waals surface area contributed by atoms with Gasteiger partial charge in [0.15, 0.2) is 5.75 Å². The lowest BCUT2D eigenvalue weighted by molar-refractivity contribution is -0.274. The number of carbonyl (C=O) groups is 1. The van der Waals surface area contributed by atoms with Crippen molar-refractivity contribution in [2.75, 3.05) is 25.5 Å². The number of nitrogens with one attached hydrogen (secondary N) is 1. The summed E-state index contributed by atoms with van der Waals surface area (Å²) >= 11 is 0. The molecule has 30 heavy (non-hydrogen) atoms. The summed E-state index contributed by atoms with van der Waals surface area (Å²) in [5, 5.41) is 2.32. The molecule has 1 heterocycles. The number of nitrogens with zero attached hydrogens (tertiary/aromatic N) is 1. The van der Waals surface area contributed by atoms with E-state index in [0.29, 0.717) is 13.1 Å². The topological polar surface area (TPSA) is 84.9 Å². The SMILES string of the molecule is COc1ccc(C(=O)Nc2ccccc2OC(F)(F)F)cc1S(=O)(=O)N1CCCC1. The van der Waals surface area contributed by atoms with Crippen molar-refractivity contribution in [3.8, 4) is 11.5 Å². The van der Waals surface area contributed by atoms with E-state index in [1.165, 1.54) is 41.7 Å². The molecule has 2 aromatic carbocycles. The second-order valence-electron chi connectivity index (χ2n) is 6.47. The first-order valence-electron chi connectivity index (χ1n) is 8.96. The van der Waals surface area contributed by atoms with Crippen molar-refractivity contribution in [1.82, 2.24) is 4.31 Å². The number of amides is 1. The summed E-state index contributed by atoms with van der Waals surface area (Å²) < 4.78 is 73.9. The Hall–Kier alpha value is -2.79. The van der Waals surface area contributed by atoms with Crippen molar-refractivity contribution in [3.05, 3.63) is 48.0 Å². The molecule has 0 radical (unpaired) electrons. The fourth-order valence-corrected chi connectivity index (χ4v) is 4.76. The Morgan fingerprint density at radius 2 is 1.73 bits per heavy atom. The van der Waals surface area contributed by atoms with E-state index in [9.17, 15) is 26.4 Å². The summed E-state index contributed by atoms with van der Waals surface area (Å²) in [5.41, 5.74) is -0.269. The second kappa shape index (κ2) is 8.52. The van der Waals surface area contributed by atoms with Gasteiger partial charge in [0.05, 0.1) is 12.8 Å². The van der Waals surface area contributed by atoms with Gasteiger partial charge in [0, 0.05) is 18.7 Å². The van der Waals surface area contributed by atoms with Crippen LogP contribution in [0.25, 0.3) is 0 Å². The first-order chi connectivity index (χ1) is 14.1. The van der Waals surface area contributed by atoms with Gasteiger partial charge in [-0.2, -0.15) is 4.31 Å². The molecule has 1 fully saturated rings. The zero-order valence-corrected chi connectivity index (χ0v) is 16.7. The molecular weight excluding hydrogens is 425 g/mol. The number of methoxy groups -OCH3 is 1. The Morgan fingerprint density at radius 3 is 2.37 bits per heavy atom. The Labute approximate surface area is 171 Å². The average molecular weight is 444 g/mol. The standard InChI is InChI=1S/C19H19F3N2O5S/c1-28-16-9-8-13(12-17(16)30(26,27)24-10-4-5-11-24)18(25)23-14-6-2-3-7-15(14)29-19(20,21)22/h2-3,6-9,12H,4-5,10-11H2,1H3,(H,23,25). The van der Waals surface area contributed by atoms with Crippen molar-refractivity contribution in [2.24, 2.45) is 0 Å². The van der Waals surface area contributed by atoms with Gasteiger partial charge in [0.2, 0.25) is 10.0 Å². The van der Waals surface area contributed by atoms with Gasteiger partial charge in [-0.1, -0.05) is 12.1 Å². The number of para-hydroxylation sites is 2. The number of carbonyl (C=O) groups excluding carboxylic acids is 1. The molecule has 0 unspecified atom stereocenters. The molecule has 1 aliphatic rings. The predicted octanol–water partition coefficient (Wildman–Crippen LogP) is 3.63. The minimum atomic E-state index is -4.93. The molecule has 2 aromatic rings. The maximum atomic E-state index is 12.9. The van der Waals surface area contributed by atoms with Crippen LogP contribution in [0.5, 0.6) is 11.5 Å².